The Hall–Kier alpha value is -1.13. The van der Waals surface area contributed by atoms with Crippen LogP contribution in [0.5, 0.6) is 5.75 Å². The molecule has 1 aliphatic heterocycles. The summed E-state index contributed by atoms with van der Waals surface area (Å²) in [5, 5.41) is 0. The maximum Gasteiger partial charge on any atom is 0.128 e. The number of methoxy groups -OCH3 is 1. The van der Waals surface area contributed by atoms with Crippen LogP contribution in [0, 0.1) is 19.8 Å². The third kappa shape index (κ3) is 3.07. The van der Waals surface area contributed by atoms with Crippen molar-refractivity contribution < 1.29 is 4.74 Å². The molecule has 0 bridgehead atoms. The number of likely N-dealkylation sites (tertiary alicyclic amines) is 1. The molecule has 0 aliphatic carbocycles. The van der Waals surface area contributed by atoms with E-state index < -0.39 is 0 Å². The van der Waals surface area contributed by atoms with Crippen LogP contribution in [-0.2, 0) is 6.54 Å². The highest BCUT2D eigenvalue weighted by molar-refractivity contribution is 5.41. The van der Waals surface area contributed by atoms with Crippen LogP contribution in [0.4, 0.5) is 0 Å². The van der Waals surface area contributed by atoms with E-state index >= 15 is 0 Å². The van der Waals surface area contributed by atoms with Gasteiger partial charge in [-0.25, -0.2) is 0 Å². The van der Waals surface area contributed by atoms with Crippen LogP contribution >= 0.6 is 0 Å². The van der Waals surface area contributed by atoms with E-state index in [9.17, 15) is 0 Å². The minimum Gasteiger partial charge on any atom is -0.496 e. The van der Waals surface area contributed by atoms with Gasteiger partial charge in [0.2, 0.25) is 0 Å². The fraction of sp³-hybridized carbons (Fsp3) is 0.667. The van der Waals surface area contributed by atoms with Gasteiger partial charge in [0.25, 0.3) is 0 Å². The number of nitrogens with zero attached hydrogens (tertiary/aromatic N) is 2. The highest BCUT2D eigenvalue weighted by Gasteiger charge is 2.24. The lowest BCUT2D eigenvalue weighted by molar-refractivity contribution is 0.160. The summed E-state index contributed by atoms with van der Waals surface area (Å²) in [7, 11) is 1.72. The molecule has 0 aromatic carbocycles. The number of hydrogen-bond donors (Lipinski definition) is 1. The first-order valence-electron chi connectivity index (χ1n) is 7.00. The highest BCUT2D eigenvalue weighted by Crippen LogP contribution is 2.25. The largest absolute Gasteiger partial charge is 0.496 e. The Morgan fingerprint density at radius 1 is 1.47 bits per heavy atom. The third-order valence-electron chi connectivity index (χ3n) is 4.22. The smallest absolute Gasteiger partial charge is 0.128 e. The van der Waals surface area contributed by atoms with Crippen molar-refractivity contribution in [3.63, 3.8) is 0 Å². The number of ether oxygens (including phenoxy) is 1. The van der Waals surface area contributed by atoms with Gasteiger partial charge in [-0.2, -0.15) is 0 Å². The number of rotatable bonds is 3. The molecule has 1 aliphatic rings. The van der Waals surface area contributed by atoms with Gasteiger partial charge >= 0.3 is 0 Å². The zero-order chi connectivity index (χ0) is 14.0. The average molecular weight is 263 g/mol. The van der Waals surface area contributed by atoms with Gasteiger partial charge in [0.15, 0.2) is 0 Å². The summed E-state index contributed by atoms with van der Waals surface area (Å²) < 4.78 is 5.46. The molecule has 0 amide bonds. The van der Waals surface area contributed by atoms with Crippen molar-refractivity contribution in [3.05, 3.63) is 23.0 Å². The van der Waals surface area contributed by atoms with Crippen molar-refractivity contribution in [2.75, 3.05) is 20.2 Å². The van der Waals surface area contributed by atoms with Crippen LogP contribution in [0.1, 0.15) is 30.2 Å². The molecule has 2 atom stereocenters. The maximum absolute atomic E-state index is 6.15. The van der Waals surface area contributed by atoms with Gasteiger partial charge in [-0.3, -0.25) is 9.88 Å². The molecule has 2 N–H and O–H groups in total. The van der Waals surface area contributed by atoms with Crippen molar-refractivity contribution in [1.82, 2.24) is 9.88 Å². The van der Waals surface area contributed by atoms with E-state index in [1.165, 1.54) is 6.42 Å². The number of aryl methyl sites for hydroxylation is 1. The first kappa shape index (κ1) is 14.3. The summed E-state index contributed by atoms with van der Waals surface area (Å²) in [6.07, 6.45) is 3.07. The molecule has 1 saturated heterocycles. The van der Waals surface area contributed by atoms with E-state index in [4.69, 9.17) is 10.5 Å². The highest BCUT2D eigenvalue weighted by atomic mass is 16.5. The maximum atomic E-state index is 6.15. The molecule has 2 rings (SSSR count). The molecule has 4 nitrogen and oxygen atoms in total. The Kier molecular flexibility index (Phi) is 4.42. The van der Waals surface area contributed by atoms with Crippen LogP contribution < -0.4 is 10.5 Å². The minimum absolute atomic E-state index is 0.279. The van der Waals surface area contributed by atoms with E-state index in [-0.39, 0.29) is 6.04 Å². The lowest BCUT2D eigenvalue weighted by Gasteiger charge is -2.35. The van der Waals surface area contributed by atoms with E-state index in [0.29, 0.717) is 5.92 Å². The summed E-state index contributed by atoms with van der Waals surface area (Å²) in [5.74, 6) is 1.58. The summed E-state index contributed by atoms with van der Waals surface area (Å²) in [6.45, 7) is 9.27. The lowest BCUT2D eigenvalue weighted by atomic mass is 9.94. The summed E-state index contributed by atoms with van der Waals surface area (Å²) in [4.78, 5) is 6.96. The Labute approximate surface area is 116 Å². The second-order valence-corrected chi connectivity index (χ2v) is 5.71. The molecule has 1 aromatic rings. The molecular formula is C15H25N3O. The monoisotopic (exact) mass is 263 g/mol. The van der Waals surface area contributed by atoms with Gasteiger partial charge in [-0.05, 0) is 32.7 Å². The van der Waals surface area contributed by atoms with E-state index in [0.717, 1.165) is 42.2 Å². The average Bonchev–Trinajstić information content (AvgIpc) is 2.38. The molecule has 4 heteroatoms. The number of hydrogen-bond acceptors (Lipinski definition) is 4. The Bertz CT molecular complexity index is 447. The van der Waals surface area contributed by atoms with Crippen molar-refractivity contribution in [3.8, 4) is 5.75 Å². The second kappa shape index (κ2) is 5.88. The van der Waals surface area contributed by atoms with Crippen LogP contribution in [0.2, 0.25) is 0 Å². The molecular weight excluding hydrogens is 238 g/mol. The van der Waals surface area contributed by atoms with Gasteiger partial charge in [0.05, 0.1) is 12.8 Å². The quantitative estimate of drug-likeness (QED) is 0.904. The Balaban J connectivity index is 2.11. The molecule has 0 radical (unpaired) electrons. The van der Waals surface area contributed by atoms with E-state index in [2.05, 4.69) is 23.7 Å². The molecule has 2 unspecified atom stereocenters. The molecule has 106 valence electrons. The topological polar surface area (TPSA) is 51.4 Å². The SMILES string of the molecule is COc1c(C)cnc(CN2CCC(C)C(N)C2)c1C. The molecule has 0 saturated carbocycles. The molecule has 0 spiro atoms. The summed E-state index contributed by atoms with van der Waals surface area (Å²) >= 11 is 0. The standard InChI is InChI=1S/C15H25N3O/c1-10-5-6-18(8-13(10)16)9-14-12(3)15(19-4)11(2)7-17-14/h7,10,13H,5-6,8-9,16H2,1-4H3. The summed E-state index contributed by atoms with van der Waals surface area (Å²) in [6, 6.07) is 0.279. The van der Waals surface area contributed by atoms with Crippen molar-refractivity contribution >= 4 is 0 Å². The number of nitrogens with two attached hydrogens (primary N) is 1. The van der Waals surface area contributed by atoms with Gasteiger partial charge in [-0.1, -0.05) is 6.92 Å². The van der Waals surface area contributed by atoms with Crippen molar-refractivity contribution in [1.29, 1.82) is 0 Å². The molecule has 1 fully saturated rings. The lowest BCUT2D eigenvalue weighted by Crippen LogP contribution is -2.47. The summed E-state index contributed by atoms with van der Waals surface area (Å²) in [5.41, 5.74) is 9.49. The van der Waals surface area contributed by atoms with Crippen LogP contribution in [0.3, 0.4) is 0 Å². The fourth-order valence-electron chi connectivity index (χ4n) is 2.76. The van der Waals surface area contributed by atoms with E-state index in [1.807, 2.05) is 13.1 Å². The van der Waals surface area contributed by atoms with Crippen LogP contribution in [0.15, 0.2) is 6.20 Å². The predicted octanol–water partition coefficient (Wildman–Crippen LogP) is 1.88. The predicted molar refractivity (Wildman–Crippen MR) is 77.3 cm³/mol. The first-order valence-corrected chi connectivity index (χ1v) is 7.00. The van der Waals surface area contributed by atoms with Crippen LogP contribution in [0.25, 0.3) is 0 Å². The third-order valence-corrected chi connectivity index (χ3v) is 4.22. The zero-order valence-electron chi connectivity index (χ0n) is 12.4. The molecule has 19 heavy (non-hydrogen) atoms. The van der Waals surface area contributed by atoms with Crippen molar-refractivity contribution in [2.24, 2.45) is 11.7 Å². The molecule has 1 aromatic heterocycles. The Morgan fingerprint density at radius 3 is 2.84 bits per heavy atom. The number of piperidine rings is 1. The molecule has 2 heterocycles. The number of pyridine rings is 1. The number of aromatic nitrogens is 1. The van der Waals surface area contributed by atoms with E-state index in [1.54, 1.807) is 7.11 Å². The first-order chi connectivity index (χ1) is 9.02. The fourth-order valence-corrected chi connectivity index (χ4v) is 2.76. The van der Waals surface area contributed by atoms with Crippen molar-refractivity contribution in [2.45, 2.75) is 39.8 Å². The second-order valence-electron chi connectivity index (χ2n) is 5.71. The van der Waals surface area contributed by atoms with Gasteiger partial charge in [0, 0.05) is 36.5 Å². The normalized spacial score (nSPS) is 24.5. The Morgan fingerprint density at radius 2 is 2.21 bits per heavy atom. The zero-order valence-corrected chi connectivity index (χ0v) is 12.4. The van der Waals surface area contributed by atoms with Gasteiger partial charge in [0.1, 0.15) is 5.75 Å². The van der Waals surface area contributed by atoms with Gasteiger partial charge < -0.3 is 10.5 Å². The minimum atomic E-state index is 0.279. The van der Waals surface area contributed by atoms with Gasteiger partial charge in [-0.15, -0.1) is 0 Å². The van der Waals surface area contributed by atoms with Crippen LogP contribution in [-0.4, -0.2) is 36.1 Å².